The van der Waals surface area contributed by atoms with Gasteiger partial charge in [0.05, 0.1) is 17.5 Å². The fourth-order valence-electron chi connectivity index (χ4n) is 4.30. The highest BCUT2D eigenvalue weighted by Crippen LogP contribution is 2.29. The largest absolute Gasteiger partial charge is 0.336 e. The molecule has 2 N–H and O–H groups in total. The summed E-state index contributed by atoms with van der Waals surface area (Å²) in [6, 6.07) is 5.24. The van der Waals surface area contributed by atoms with Crippen molar-refractivity contribution in [3.8, 4) is 11.3 Å². The molecule has 1 aliphatic rings. The average Bonchev–Trinajstić information content (AvgIpc) is 3.21. The molecule has 10 nitrogen and oxygen atoms in total. The van der Waals surface area contributed by atoms with Gasteiger partial charge < -0.3 is 15.5 Å². The number of pyridine rings is 2. The highest BCUT2D eigenvalue weighted by Gasteiger charge is 2.19. The topological polar surface area (TPSA) is 114 Å². The second-order valence-corrected chi connectivity index (χ2v) is 8.75. The number of nitrogens with one attached hydrogen (secondary N) is 2. The third kappa shape index (κ3) is 4.54. The molecule has 4 aromatic rings. The van der Waals surface area contributed by atoms with E-state index < -0.39 is 5.82 Å². The number of aromatic nitrogens is 6. The lowest BCUT2D eigenvalue weighted by atomic mass is 10.1. The number of anilines is 2. The second-order valence-electron chi connectivity index (χ2n) is 8.75. The van der Waals surface area contributed by atoms with Crippen LogP contribution in [0.2, 0.25) is 0 Å². The van der Waals surface area contributed by atoms with Gasteiger partial charge in [0.1, 0.15) is 11.5 Å². The molecule has 0 aromatic carbocycles. The number of carbonyl (C=O) groups excluding carboxylic acids is 1. The summed E-state index contributed by atoms with van der Waals surface area (Å²) in [5.74, 6) is 0.247. The second kappa shape index (κ2) is 9.34. The van der Waals surface area contributed by atoms with E-state index >= 15 is 0 Å². The van der Waals surface area contributed by atoms with E-state index in [2.05, 4.69) is 49.5 Å². The first kappa shape index (κ1) is 22.8. The molecule has 1 amide bonds. The van der Waals surface area contributed by atoms with Crippen molar-refractivity contribution < 1.29 is 9.18 Å². The van der Waals surface area contributed by atoms with Gasteiger partial charge in [-0.15, -0.1) is 0 Å². The lowest BCUT2D eigenvalue weighted by Gasteiger charge is -2.27. The van der Waals surface area contributed by atoms with Gasteiger partial charge in [-0.3, -0.25) is 9.48 Å². The predicted octanol–water partition coefficient (Wildman–Crippen LogP) is 2.87. The number of nitrogens with zero attached hydrogens (tertiary/aromatic N) is 7. The summed E-state index contributed by atoms with van der Waals surface area (Å²) in [6.45, 7) is 7.06. The fourth-order valence-corrected chi connectivity index (χ4v) is 4.30. The minimum absolute atomic E-state index is 0.0510. The molecule has 0 spiro atoms. The maximum Gasteiger partial charge on any atom is 0.255 e. The molecule has 1 saturated heterocycles. The molecule has 180 valence electrons. The van der Waals surface area contributed by atoms with E-state index in [4.69, 9.17) is 0 Å². The molecule has 4 aromatic heterocycles. The normalized spacial score (nSPS) is 14.0. The molecule has 1 fully saturated rings. The SMILES string of the molecule is CC(C)c1c2cc(-c3nc(Nc4ccc(C(=O)N5CCNCC5)cn4)ncc3F)cnc2nn1C. The smallest absolute Gasteiger partial charge is 0.255 e. The van der Waals surface area contributed by atoms with Crippen molar-refractivity contribution in [1.29, 1.82) is 0 Å². The lowest BCUT2D eigenvalue weighted by molar-refractivity contribution is 0.0735. The van der Waals surface area contributed by atoms with Gasteiger partial charge in [-0.1, -0.05) is 13.8 Å². The standard InChI is InChI=1S/C24H26FN9O/c1-14(2)21-17-10-16(12-28-22(17)32-33(21)3)20-18(25)13-29-24(31-20)30-19-5-4-15(11-27-19)23(35)34-8-6-26-7-9-34/h4-5,10-14,26H,6-9H2,1-3H3,(H,27,29,30,31). The van der Waals surface area contributed by atoms with Crippen LogP contribution in [-0.4, -0.2) is 66.7 Å². The minimum atomic E-state index is -0.559. The number of piperazine rings is 1. The van der Waals surface area contributed by atoms with Gasteiger partial charge in [-0.05, 0) is 24.1 Å². The van der Waals surface area contributed by atoms with Gasteiger partial charge in [0.2, 0.25) is 5.95 Å². The average molecular weight is 476 g/mol. The van der Waals surface area contributed by atoms with Crippen LogP contribution in [0.5, 0.6) is 0 Å². The van der Waals surface area contributed by atoms with Crippen molar-refractivity contribution in [3.05, 3.63) is 53.9 Å². The van der Waals surface area contributed by atoms with Crippen molar-refractivity contribution in [2.24, 2.45) is 7.05 Å². The van der Waals surface area contributed by atoms with E-state index in [0.29, 0.717) is 35.7 Å². The van der Waals surface area contributed by atoms with Crippen molar-refractivity contribution in [3.63, 3.8) is 0 Å². The summed E-state index contributed by atoms with van der Waals surface area (Å²) >= 11 is 0. The van der Waals surface area contributed by atoms with Crippen LogP contribution in [0.15, 0.2) is 36.8 Å². The number of fused-ring (bicyclic) bond motifs is 1. The molecule has 0 bridgehead atoms. The summed E-state index contributed by atoms with van der Waals surface area (Å²) in [6.07, 6.45) is 4.19. The molecule has 0 atom stereocenters. The maximum atomic E-state index is 14.7. The number of hydrogen-bond acceptors (Lipinski definition) is 8. The summed E-state index contributed by atoms with van der Waals surface area (Å²) in [7, 11) is 1.87. The molecule has 11 heteroatoms. The fraction of sp³-hybridized carbons (Fsp3) is 0.333. The van der Waals surface area contributed by atoms with Crippen LogP contribution in [0, 0.1) is 5.82 Å². The van der Waals surface area contributed by atoms with Crippen LogP contribution >= 0.6 is 0 Å². The van der Waals surface area contributed by atoms with Crippen molar-refractivity contribution in [2.45, 2.75) is 19.8 Å². The van der Waals surface area contributed by atoms with Crippen LogP contribution in [0.1, 0.15) is 35.8 Å². The summed E-state index contributed by atoms with van der Waals surface area (Å²) in [5.41, 5.74) is 2.78. The quantitative estimate of drug-likeness (QED) is 0.453. The number of carbonyl (C=O) groups is 1. The maximum absolute atomic E-state index is 14.7. The molecule has 35 heavy (non-hydrogen) atoms. The summed E-state index contributed by atoms with van der Waals surface area (Å²) in [5, 5.41) is 11.5. The number of amides is 1. The predicted molar refractivity (Wildman–Crippen MR) is 130 cm³/mol. The van der Waals surface area contributed by atoms with Crippen molar-refractivity contribution in [2.75, 3.05) is 31.5 Å². The van der Waals surface area contributed by atoms with Gasteiger partial charge in [-0.2, -0.15) is 5.10 Å². The Balaban J connectivity index is 1.39. The molecule has 0 saturated carbocycles. The number of halogens is 1. The van der Waals surface area contributed by atoms with E-state index in [1.54, 1.807) is 27.9 Å². The van der Waals surface area contributed by atoms with Crippen LogP contribution < -0.4 is 10.6 Å². The molecular formula is C24H26FN9O. The minimum Gasteiger partial charge on any atom is -0.336 e. The Morgan fingerprint density at radius 3 is 2.63 bits per heavy atom. The molecule has 5 heterocycles. The Bertz CT molecular complexity index is 1380. The van der Waals surface area contributed by atoms with Crippen molar-refractivity contribution in [1.82, 2.24) is 39.9 Å². The third-order valence-electron chi connectivity index (χ3n) is 5.95. The Hall–Kier alpha value is -3.99. The first-order valence-corrected chi connectivity index (χ1v) is 11.5. The summed E-state index contributed by atoms with van der Waals surface area (Å²) in [4.78, 5) is 31.6. The number of aryl methyl sites for hydroxylation is 1. The molecule has 1 aliphatic heterocycles. The first-order valence-electron chi connectivity index (χ1n) is 11.5. The zero-order valence-electron chi connectivity index (χ0n) is 19.8. The Morgan fingerprint density at radius 1 is 1.11 bits per heavy atom. The molecular weight excluding hydrogens is 449 g/mol. The zero-order valence-corrected chi connectivity index (χ0v) is 19.8. The van der Waals surface area contributed by atoms with Crippen LogP contribution in [0.4, 0.5) is 16.2 Å². The van der Waals surface area contributed by atoms with E-state index in [-0.39, 0.29) is 23.5 Å². The van der Waals surface area contributed by atoms with Crippen molar-refractivity contribution >= 4 is 28.7 Å². The molecule has 5 rings (SSSR count). The van der Waals surface area contributed by atoms with E-state index in [1.165, 1.54) is 6.20 Å². The van der Waals surface area contributed by atoms with Crippen LogP contribution in [0.3, 0.4) is 0 Å². The monoisotopic (exact) mass is 475 g/mol. The Morgan fingerprint density at radius 2 is 1.91 bits per heavy atom. The van der Waals surface area contributed by atoms with Gasteiger partial charge in [-0.25, -0.2) is 24.3 Å². The first-order chi connectivity index (χ1) is 16.9. The van der Waals surface area contributed by atoms with Crippen LogP contribution in [-0.2, 0) is 7.05 Å². The van der Waals surface area contributed by atoms with Gasteiger partial charge in [0, 0.05) is 56.6 Å². The van der Waals surface area contributed by atoms with Gasteiger partial charge in [0.15, 0.2) is 11.5 Å². The highest BCUT2D eigenvalue weighted by atomic mass is 19.1. The van der Waals surface area contributed by atoms with E-state index in [0.717, 1.165) is 30.4 Å². The summed E-state index contributed by atoms with van der Waals surface area (Å²) < 4.78 is 16.5. The lowest BCUT2D eigenvalue weighted by Crippen LogP contribution is -2.46. The van der Waals surface area contributed by atoms with Crippen LogP contribution in [0.25, 0.3) is 22.3 Å². The third-order valence-corrected chi connectivity index (χ3v) is 5.95. The Kier molecular flexibility index (Phi) is 6.08. The van der Waals surface area contributed by atoms with E-state index in [1.807, 2.05) is 13.1 Å². The molecule has 0 aliphatic carbocycles. The Labute approximate surface area is 201 Å². The molecule has 0 unspecified atom stereocenters. The molecule has 0 radical (unpaired) electrons. The zero-order chi connectivity index (χ0) is 24.5. The van der Waals surface area contributed by atoms with Gasteiger partial charge >= 0.3 is 0 Å². The van der Waals surface area contributed by atoms with E-state index in [9.17, 15) is 9.18 Å². The number of hydrogen-bond donors (Lipinski definition) is 2. The highest BCUT2D eigenvalue weighted by molar-refractivity contribution is 5.94. The van der Waals surface area contributed by atoms with Gasteiger partial charge in [0.25, 0.3) is 5.91 Å². The number of rotatable bonds is 5.